The van der Waals surface area contributed by atoms with Gasteiger partial charge in [0, 0.05) is 13.2 Å². The molecule has 1 aromatic carbocycles. The number of rotatable bonds is 2. The van der Waals surface area contributed by atoms with Gasteiger partial charge in [-0.25, -0.2) is 8.78 Å². The largest absolute Gasteiger partial charge is 0.397 e. The highest BCUT2D eigenvalue weighted by Gasteiger charge is 2.16. The molecular weight excluding hydrogens is 242 g/mol. The fraction of sp³-hybridized carbons (Fsp3) is 0.0909. The van der Waals surface area contributed by atoms with Gasteiger partial charge in [-0.2, -0.15) is 5.10 Å². The Morgan fingerprint density at radius 3 is 2.72 bits per heavy atom. The molecule has 1 amide bonds. The van der Waals surface area contributed by atoms with E-state index in [4.69, 9.17) is 5.73 Å². The number of hydrogen-bond acceptors (Lipinski definition) is 3. The lowest BCUT2D eigenvalue weighted by molar-refractivity contribution is 0.102. The predicted molar refractivity (Wildman–Crippen MR) is 61.9 cm³/mol. The lowest BCUT2D eigenvalue weighted by Gasteiger charge is -2.08. The van der Waals surface area contributed by atoms with Crippen molar-refractivity contribution in [2.24, 2.45) is 7.05 Å². The van der Waals surface area contributed by atoms with Crippen molar-refractivity contribution in [1.29, 1.82) is 0 Å². The number of aryl methyl sites for hydroxylation is 1. The Morgan fingerprint density at radius 2 is 2.11 bits per heavy atom. The van der Waals surface area contributed by atoms with E-state index in [2.05, 4.69) is 10.4 Å². The third-order valence-corrected chi connectivity index (χ3v) is 2.31. The van der Waals surface area contributed by atoms with E-state index in [0.717, 1.165) is 6.07 Å². The summed E-state index contributed by atoms with van der Waals surface area (Å²) in [5, 5.41) is 6.03. The minimum Gasteiger partial charge on any atom is -0.397 e. The maximum absolute atomic E-state index is 13.4. The van der Waals surface area contributed by atoms with Gasteiger partial charge in [0.1, 0.15) is 5.69 Å². The van der Waals surface area contributed by atoms with Gasteiger partial charge in [-0.05, 0) is 18.2 Å². The first-order valence-corrected chi connectivity index (χ1v) is 5.03. The molecule has 0 spiro atoms. The summed E-state index contributed by atoms with van der Waals surface area (Å²) in [7, 11) is 1.63. The molecule has 0 aliphatic rings. The van der Waals surface area contributed by atoms with Crippen LogP contribution in [-0.4, -0.2) is 15.7 Å². The number of nitrogens with two attached hydrogens (primary N) is 1. The number of carbonyl (C=O) groups is 1. The highest BCUT2D eigenvalue weighted by Crippen LogP contribution is 2.24. The van der Waals surface area contributed by atoms with E-state index < -0.39 is 17.5 Å². The Balaban J connectivity index is 2.30. The molecule has 2 rings (SSSR count). The van der Waals surface area contributed by atoms with Gasteiger partial charge >= 0.3 is 0 Å². The second kappa shape index (κ2) is 4.44. The van der Waals surface area contributed by atoms with E-state index in [-0.39, 0.29) is 17.1 Å². The molecule has 1 heterocycles. The summed E-state index contributed by atoms with van der Waals surface area (Å²) in [6.45, 7) is 0. The zero-order valence-corrected chi connectivity index (χ0v) is 9.45. The lowest BCUT2D eigenvalue weighted by atomic mass is 10.2. The average Bonchev–Trinajstić information content (AvgIpc) is 2.76. The minimum atomic E-state index is -1.20. The summed E-state index contributed by atoms with van der Waals surface area (Å²) in [5.74, 6) is -2.94. The van der Waals surface area contributed by atoms with Crippen molar-refractivity contribution in [3.05, 3.63) is 41.7 Å². The highest BCUT2D eigenvalue weighted by atomic mass is 19.2. The van der Waals surface area contributed by atoms with Crippen LogP contribution < -0.4 is 11.1 Å². The number of nitrogen functional groups attached to an aromatic ring is 1. The summed E-state index contributed by atoms with van der Waals surface area (Å²) in [5.41, 5.74) is 5.12. The number of nitrogens with zero attached hydrogens (tertiary/aromatic N) is 2. The maximum atomic E-state index is 13.4. The van der Waals surface area contributed by atoms with Crippen LogP contribution in [0.2, 0.25) is 0 Å². The second-order valence-corrected chi connectivity index (χ2v) is 3.65. The van der Waals surface area contributed by atoms with Crippen molar-refractivity contribution in [2.75, 3.05) is 11.1 Å². The standard InChI is InChI=1S/C11H10F2N4O/c1-17-5-4-8(16-17)11(18)15-10-7(14)3-2-6(12)9(10)13/h2-5H,14H2,1H3,(H,15,18). The van der Waals surface area contributed by atoms with Gasteiger partial charge < -0.3 is 11.1 Å². The van der Waals surface area contributed by atoms with E-state index in [0.29, 0.717) is 0 Å². The topological polar surface area (TPSA) is 72.9 Å². The molecule has 0 aliphatic heterocycles. The number of aromatic nitrogens is 2. The molecule has 2 aromatic rings. The average molecular weight is 252 g/mol. The molecule has 0 aliphatic carbocycles. The van der Waals surface area contributed by atoms with Crippen LogP contribution in [0.3, 0.4) is 0 Å². The first-order valence-electron chi connectivity index (χ1n) is 5.03. The van der Waals surface area contributed by atoms with E-state index in [1.54, 1.807) is 13.2 Å². The molecule has 0 fully saturated rings. The fourth-order valence-electron chi connectivity index (χ4n) is 1.41. The van der Waals surface area contributed by atoms with Crippen molar-refractivity contribution in [1.82, 2.24) is 9.78 Å². The smallest absolute Gasteiger partial charge is 0.276 e. The Bertz CT molecular complexity index is 609. The van der Waals surface area contributed by atoms with Crippen molar-refractivity contribution < 1.29 is 13.6 Å². The molecule has 5 nitrogen and oxygen atoms in total. The van der Waals surface area contributed by atoms with Crippen molar-refractivity contribution in [2.45, 2.75) is 0 Å². The summed E-state index contributed by atoms with van der Waals surface area (Å²) in [4.78, 5) is 11.7. The fourth-order valence-corrected chi connectivity index (χ4v) is 1.41. The molecule has 7 heteroatoms. The Kier molecular flexibility index (Phi) is 2.97. The summed E-state index contributed by atoms with van der Waals surface area (Å²) < 4.78 is 27.9. The molecule has 3 N–H and O–H groups in total. The monoisotopic (exact) mass is 252 g/mol. The molecule has 0 saturated heterocycles. The third kappa shape index (κ3) is 2.15. The summed E-state index contributed by atoms with van der Waals surface area (Å²) in [6.07, 6.45) is 1.56. The number of benzene rings is 1. The molecule has 0 radical (unpaired) electrons. The molecule has 94 valence electrons. The van der Waals surface area contributed by atoms with Crippen molar-refractivity contribution in [3.63, 3.8) is 0 Å². The van der Waals surface area contributed by atoms with Gasteiger partial charge in [-0.1, -0.05) is 0 Å². The highest BCUT2D eigenvalue weighted by molar-refractivity contribution is 6.04. The predicted octanol–water partition coefficient (Wildman–Crippen LogP) is 1.53. The second-order valence-electron chi connectivity index (χ2n) is 3.65. The number of halogens is 2. The van der Waals surface area contributed by atoms with E-state index in [9.17, 15) is 13.6 Å². The van der Waals surface area contributed by atoms with Crippen molar-refractivity contribution >= 4 is 17.3 Å². The van der Waals surface area contributed by atoms with Crippen LogP contribution in [0, 0.1) is 11.6 Å². The molecule has 0 bridgehead atoms. The zero-order valence-electron chi connectivity index (χ0n) is 9.45. The SMILES string of the molecule is Cn1ccc(C(=O)Nc2c(N)ccc(F)c2F)n1. The van der Waals surface area contributed by atoms with Gasteiger partial charge in [0.25, 0.3) is 5.91 Å². The van der Waals surface area contributed by atoms with Crippen LogP contribution in [-0.2, 0) is 7.05 Å². The van der Waals surface area contributed by atoms with Crippen LogP contribution in [0.25, 0.3) is 0 Å². The van der Waals surface area contributed by atoms with Gasteiger partial charge in [-0.15, -0.1) is 0 Å². The molecule has 0 saturated carbocycles. The van der Waals surface area contributed by atoms with Gasteiger partial charge in [0.15, 0.2) is 17.3 Å². The molecule has 0 atom stereocenters. The normalized spacial score (nSPS) is 10.4. The molecule has 1 aromatic heterocycles. The number of hydrogen-bond donors (Lipinski definition) is 2. The summed E-state index contributed by atoms with van der Waals surface area (Å²) >= 11 is 0. The first-order chi connectivity index (χ1) is 8.49. The van der Waals surface area contributed by atoms with E-state index in [1.807, 2.05) is 0 Å². The number of anilines is 2. The Morgan fingerprint density at radius 1 is 1.39 bits per heavy atom. The van der Waals surface area contributed by atoms with Crippen LogP contribution in [0.15, 0.2) is 24.4 Å². The number of nitrogens with one attached hydrogen (secondary N) is 1. The van der Waals surface area contributed by atoms with Crippen LogP contribution in [0.4, 0.5) is 20.2 Å². The van der Waals surface area contributed by atoms with Gasteiger partial charge in [0.2, 0.25) is 0 Å². The zero-order chi connectivity index (χ0) is 13.3. The number of amides is 1. The van der Waals surface area contributed by atoms with Crippen LogP contribution in [0.1, 0.15) is 10.5 Å². The Hall–Kier alpha value is -2.44. The molecule has 18 heavy (non-hydrogen) atoms. The lowest BCUT2D eigenvalue weighted by Crippen LogP contribution is -2.16. The Labute approximate surface area is 101 Å². The van der Waals surface area contributed by atoms with Crippen LogP contribution >= 0.6 is 0 Å². The summed E-state index contributed by atoms with van der Waals surface area (Å²) in [6, 6.07) is 3.51. The third-order valence-electron chi connectivity index (χ3n) is 2.31. The molecular formula is C11H10F2N4O. The van der Waals surface area contributed by atoms with Gasteiger partial charge in [0.05, 0.1) is 5.69 Å². The van der Waals surface area contributed by atoms with Crippen LogP contribution in [0.5, 0.6) is 0 Å². The van der Waals surface area contributed by atoms with Gasteiger partial charge in [-0.3, -0.25) is 9.48 Å². The number of carbonyl (C=O) groups excluding carboxylic acids is 1. The molecule has 0 unspecified atom stereocenters. The maximum Gasteiger partial charge on any atom is 0.276 e. The van der Waals surface area contributed by atoms with E-state index in [1.165, 1.54) is 16.8 Å². The minimum absolute atomic E-state index is 0.0572. The first kappa shape index (κ1) is 12.0. The van der Waals surface area contributed by atoms with E-state index >= 15 is 0 Å². The van der Waals surface area contributed by atoms with Crippen molar-refractivity contribution in [3.8, 4) is 0 Å². The quantitative estimate of drug-likeness (QED) is 0.796.